The molecule has 15 heteroatoms. The molecule has 1 heterocycles. The minimum atomic E-state index is -3.95. The fraction of sp³-hybridized carbons (Fsp3) is 0.409. The fourth-order valence-corrected chi connectivity index (χ4v) is 9.51. The Balaban J connectivity index is 1.29. The first-order valence-corrected chi connectivity index (χ1v) is 22.9. The van der Waals surface area contributed by atoms with Gasteiger partial charge in [0.2, 0.25) is 10.0 Å². The van der Waals surface area contributed by atoms with Crippen LogP contribution in [0, 0.1) is 23.2 Å². The van der Waals surface area contributed by atoms with Gasteiger partial charge in [0.05, 0.1) is 42.5 Å². The van der Waals surface area contributed by atoms with Crippen LogP contribution in [-0.2, 0) is 52.7 Å². The monoisotopic (exact) mass is 846 g/mol. The number of ether oxygens (including phenoxy) is 3. The number of hydrogen-bond donors (Lipinski definition) is 1. The number of amides is 1. The molecule has 316 valence electrons. The summed E-state index contributed by atoms with van der Waals surface area (Å²) in [5.74, 6) is 0.184. The highest BCUT2D eigenvalue weighted by Gasteiger charge is 2.36. The van der Waals surface area contributed by atoms with Gasteiger partial charge in [-0.15, -0.1) is 6.61 Å². The van der Waals surface area contributed by atoms with Gasteiger partial charge < -0.3 is 33.7 Å². The summed E-state index contributed by atoms with van der Waals surface area (Å²) in [6, 6.07) is 33.0. The van der Waals surface area contributed by atoms with Crippen molar-refractivity contribution < 1.29 is 46.1 Å². The van der Waals surface area contributed by atoms with E-state index in [0.717, 1.165) is 16.7 Å². The maximum Gasteiger partial charge on any atom is 0.407 e. The molecule has 59 heavy (non-hydrogen) atoms. The van der Waals surface area contributed by atoms with Gasteiger partial charge in [0, 0.05) is 25.0 Å². The molecule has 0 bridgehead atoms. The minimum absolute atomic E-state index is 0.00263. The average molecular weight is 847 g/mol. The number of alkyl carbamates (subject to hydrolysis) is 1. The lowest BCUT2D eigenvalue weighted by atomic mass is 9.96. The molecule has 4 aromatic carbocycles. The summed E-state index contributed by atoms with van der Waals surface area (Å²) >= 11 is 0. The van der Waals surface area contributed by atoms with Crippen LogP contribution in [0.15, 0.2) is 114 Å². The van der Waals surface area contributed by atoms with Gasteiger partial charge in [-0.1, -0.05) is 93.1 Å². The Morgan fingerprint density at radius 3 is 2.10 bits per heavy atom. The number of nitriles is 1. The SMILES string of the molecule is CC(C)CN(CC[C@H](Cc1ccc(OCP(=O)(OCc2ccccc2)OCc2ccccc2)cc1)NC(=O)O[C@H]1CO[C@@H](C)[C@H]1CC[O-])S(=O)(=O)c1ccc(C#N)cc1. The molecule has 0 saturated carbocycles. The molecule has 0 radical (unpaired) electrons. The molecule has 4 atom stereocenters. The maximum atomic E-state index is 13.9. The Morgan fingerprint density at radius 1 is 0.932 bits per heavy atom. The summed E-state index contributed by atoms with van der Waals surface area (Å²) in [6.07, 6.45) is -0.995. The molecular formula is C44H53N3O10PS-. The summed E-state index contributed by atoms with van der Waals surface area (Å²) in [7, 11) is -7.69. The number of hydrogen-bond acceptors (Lipinski definition) is 11. The van der Waals surface area contributed by atoms with Crippen LogP contribution in [0.3, 0.4) is 0 Å². The van der Waals surface area contributed by atoms with E-state index in [0.29, 0.717) is 24.2 Å². The lowest BCUT2D eigenvalue weighted by Crippen LogP contribution is -2.43. The van der Waals surface area contributed by atoms with Crippen molar-refractivity contribution in [3.63, 3.8) is 0 Å². The standard InChI is InChI=1S/C44H53N3O10PS/c1-33(2)28-47(59(51,52)41-20-16-36(27-45)17-21-41)24-22-39(46-44(49)57-43-31-53-34(3)42(43)23-25-48)26-35-14-18-40(19-15-35)54-32-58(50,55-29-37-10-6-4-7-11-37)56-30-38-12-8-5-9-13-38/h4-21,33-34,39,42-43H,22-26,28-32H2,1-3H3,(H,46,49)/q-1/t34-,39+,42+,43-/m0/s1. The first-order valence-electron chi connectivity index (χ1n) is 19.7. The van der Waals surface area contributed by atoms with Crippen molar-refractivity contribution in [2.45, 2.75) is 76.4 Å². The molecule has 1 fully saturated rings. The molecular weight excluding hydrogens is 794 g/mol. The van der Waals surface area contributed by atoms with E-state index in [1.54, 1.807) is 12.1 Å². The fourth-order valence-electron chi connectivity index (χ4n) is 6.67. The predicted molar refractivity (Wildman–Crippen MR) is 221 cm³/mol. The lowest BCUT2D eigenvalue weighted by molar-refractivity contribution is -0.371. The van der Waals surface area contributed by atoms with E-state index >= 15 is 0 Å². The van der Waals surface area contributed by atoms with Crippen molar-refractivity contribution in [2.75, 3.05) is 32.7 Å². The molecule has 0 unspecified atom stereocenters. The minimum Gasteiger partial charge on any atom is -0.854 e. The Bertz CT molecular complexity index is 2050. The van der Waals surface area contributed by atoms with Crippen LogP contribution in [0.5, 0.6) is 5.75 Å². The largest absolute Gasteiger partial charge is 0.854 e. The van der Waals surface area contributed by atoms with E-state index in [4.69, 9.17) is 23.3 Å². The van der Waals surface area contributed by atoms with E-state index in [1.807, 2.05) is 99.6 Å². The molecule has 5 rings (SSSR count). The molecule has 1 aliphatic heterocycles. The van der Waals surface area contributed by atoms with Gasteiger partial charge in [-0.3, -0.25) is 4.57 Å². The van der Waals surface area contributed by atoms with Gasteiger partial charge in [-0.25, -0.2) is 13.2 Å². The second-order valence-electron chi connectivity index (χ2n) is 14.9. The lowest BCUT2D eigenvalue weighted by Gasteiger charge is -2.28. The molecule has 1 saturated heterocycles. The van der Waals surface area contributed by atoms with E-state index < -0.39 is 35.9 Å². The predicted octanol–water partition coefficient (Wildman–Crippen LogP) is 7.05. The van der Waals surface area contributed by atoms with E-state index in [-0.39, 0.29) is 75.1 Å². The third kappa shape index (κ3) is 14.0. The summed E-state index contributed by atoms with van der Waals surface area (Å²) in [6.45, 7) is 6.00. The number of benzene rings is 4. The summed E-state index contributed by atoms with van der Waals surface area (Å²) < 4.78 is 72.2. The van der Waals surface area contributed by atoms with Gasteiger partial charge in [0.1, 0.15) is 11.9 Å². The van der Waals surface area contributed by atoms with Crippen molar-refractivity contribution in [1.82, 2.24) is 9.62 Å². The topological polar surface area (TPSA) is 177 Å². The van der Waals surface area contributed by atoms with Gasteiger partial charge in [-0.2, -0.15) is 9.57 Å². The number of nitrogens with zero attached hydrogens (tertiary/aromatic N) is 2. The van der Waals surface area contributed by atoms with Crippen LogP contribution in [0.2, 0.25) is 0 Å². The Hall–Kier alpha value is -4.58. The quantitative estimate of drug-likeness (QED) is 0.0803. The molecule has 1 N–H and O–H groups in total. The summed E-state index contributed by atoms with van der Waals surface area (Å²) in [4.78, 5) is 13.4. The van der Waals surface area contributed by atoms with Crippen LogP contribution >= 0.6 is 7.60 Å². The molecule has 4 aromatic rings. The normalized spacial score (nSPS) is 17.4. The Morgan fingerprint density at radius 2 is 1.54 bits per heavy atom. The number of carbonyl (C=O) groups excluding carboxylic acids is 1. The maximum absolute atomic E-state index is 13.9. The molecule has 0 aromatic heterocycles. The van der Waals surface area contributed by atoms with Crippen molar-refractivity contribution >= 4 is 23.7 Å². The van der Waals surface area contributed by atoms with Gasteiger partial charge in [0.15, 0.2) is 6.35 Å². The van der Waals surface area contributed by atoms with E-state index in [9.17, 15) is 28.1 Å². The highest BCUT2D eigenvalue weighted by molar-refractivity contribution is 7.89. The van der Waals surface area contributed by atoms with Crippen LogP contribution in [0.25, 0.3) is 0 Å². The van der Waals surface area contributed by atoms with Crippen molar-refractivity contribution in [3.05, 3.63) is 131 Å². The zero-order chi connectivity index (χ0) is 42.3. The second kappa shape index (κ2) is 22.1. The van der Waals surface area contributed by atoms with Crippen molar-refractivity contribution in [1.29, 1.82) is 5.26 Å². The number of rotatable bonds is 22. The van der Waals surface area contributed by atoms with Gasteiger partial charge in [-0.05, 0) is 78.8 Å². The number of carbonyl (C=O) groups is 1. The van der Waals surface area contributed by atoms with Crippen LogP contribution < -0.4 is 15.2 Å². The van der Waals surface area contributed by atoms with Crippen LogP contribution in [-0.4, -0.2) is 69.7 Å². The summed E-state index contributed by atoms with van der Waals surface area (Å²) in [5.41, 5.74) is 2.82. The van der Waals surface area contributed by atoms with Crippen molar-refractivity contribution in [3.8, 4) is 11.8 Å². The molecule has 1 aliphatic rings. The second-order valence-corrected chi connectivity index (χ2v) is 18.8. The van der Waals surface area contributed by atoms with Crippen molar-refractivity contribution in [2.24, 2.45) is 11.8 Å². The third-order valence-electron chi connectivity index (χ3n) is 9.89. The smallest absolute Gasteiger partial charge is 0.407 e. The van der Waals surface area contributed by atoms with Crippen LogP contribution in [0.1, 0.15) is 55.9 Å². The van der Waals surface area contributed by atoms with Gasteiger partial charge in [0.25, 0.3) is 0 Å². The third-order valence-corrected chi connectivity index (χ3v) is 13.3. The average Bonchev–Trinajstić information content (AvgIpc) is 3.58. The molecule has 0 aliphatic carbocycles. The zero-order valence-electron chi connectivity index (χ0n) is 33.7. The molecule has 13 nitrogen and oxygen atoms in total. The summed E-state index contributed by atoms with van der Waals surface area (Å²) in [5, 5.41) is 23.6. The first kappa shape index (κ1) is 45.5. The molecule has 0 spiro atoms. The highest BCUT2D eigenvalue weighted by Crippen LogP contribution is 2.49. The van der Waals surface area contributed by atoms with Gasteiger partial charge >= 0.3 is 13.7 Å². The highest BCUT2D eigenvalue weighted by atomic mass is 32.2. The Labute approximate surface area is 347 Å². The van der Waals surface area contributed by atoms with E-state index in [2.05, 4.69) is 5.32 Å². The van der Waals surface area contributed by atoms with Crippen LogP contribution in [0.4, 0.5) is 4.79 Å². The number of nitrogens with one attached hydrogen (secondary N) is 1. The number of sulfonamides is 1. The molecule has 1 amide bonds. The Kier molecular flexibility index (Phi) is 17.1. The van der Waals surface area contributed by atoms with E-state index in [1.165, 1.54) is 28.6 Å². The zero-order valence-corrected chi connectivity index (χ0v) is 35.4. The first-order chi connectivity index (χ1) is 28.4.